The molecule has 0 aliphatic rings. The highest BCUT2D eigenvalue weighted by Gasteiger charge is 2.17. The van der Waals surface area contributed by atoms with Crippen LogP contribution in [-0.4, -0.2) is 6.61 Å². The van der Waals surface area contributed by atoms with Crippen molar-refractivity contribution in [1.82, 2.24) is 0 Å². The molecule has 6 heteroatoms. The summed E-state index contributed by atoms with van der Waals surface area (Å²) >= 11 is 0. The molecular weight excluding hydrogens is 468 g/mol. The molecule has 0 saturated heterocycles. The fraction of sp³-hybridized carbons (Fsp3) is 0.133. The molecule has 0 heterocycles. The highest BCUT2D eigenvalue weighted by Crippen LogP contribution is 2.32. The fourth-order valence-corrected chi connectivity index (χ4v) is 3.80. The molecule has 0 atom stereocenters. The summed E-state index contributed by atoms with van der Waals surface area (Å²) < 4.78 is 68.6. The number of hydrogen-bond donors (Lipinski definition) is 0. The first kappa shape index (κ1) is 25.0. The van der Waals surface area contributed by atoms with Gasteiger partial charge in [0, 0.05) is 11.1 Å². The Bertz CT molecular complexity index is 1380. The molecule has 4 aromatic rings. The van der Waals surface area contributed by atoms with Gasteiger partial charge in [0.2, 0.25) is 11.6 Å². The third-order valence-corrected chi connectivity index (χ3v) is 5.63. The Hall–Kier alpha value is -4.06. The van der Waals surface area contributed by atoms with Crippen LogP contribution in [0.4, 0.5) is 17.6 Å². The number of hydrogen-bond acceptors (Lipinski definition) is 2. The second-order valence-electron chi connectivity index (χ2n) is 8.02. The van der Waals surface area contributed by atoms with Crippen LogP contribution in [0.25, 0.3) is 28.3 Å². The number of halogens is 4. The largest absolute Gasteiger partial charge is 0.491 e. The standard InChI is InChI=1S/C30H24F4O2/c1-3-5-19-6-10-21(11-7-19)23-14-15-24(28(32)27(23)31)22-12-8-20(9-13-22)18-36-26-17-16-25(35-4-2)29(33)30(26)34/h3,5-17H,4,18H2,1-2H3. The second-order valence-corrected chi connectivity index (χ2v) is 8.02. The fourth-order valence-electron chi connectivity index (χ4n) is 3.80. The van der Waals surface area contributed by atoms with Crippen molar-refractivity contribution >= 4 is 6.08 Å². The van der Waals surface area contributed by atoms with Crippen LogP contribution in [0.15, 0.2) is 78.9 Å². The summed E-state index contributed by atoms with van der Waals surface area (Å²) in [6.07, 6.45) is 3.82. The first-order valence-electron chi connectivity index (χ1n) is 11.5. The minimum Gasteiger partial charge on any atom is -0.491 e. The van der Waals surface area contributed by atoms with E-state index in [1.807, 2.05) is 31.2 Å². The molecule has 0 spiro atoms. The molecule has 0 aliphatic carbocycles. The van der Waals surface area contributed by atoms with Crippen LogP contribution >= 0.6 is 0 Å². The van der Waals surface area contributed by atoms with E-state index in [-0.39, 0.29) is 35.8 Å². The summed E-state index contributed by atoms with van der Waals surface area (Å²) in [7, 11) is 0. The van der Waals surface area contributed by atoms with E-state index < -0.39 is 23.3 Å². The van der Waals surface area contributed by atoms with Crippen LogP contribution in [0, 0.1) is 23.3 Å². The minimum atomic E-state index is -1.13. The summed E-state index contributed by atoms with van der Waals surface area (Å²) in [6, 6.07) is 19.4. The smallest absolute Gasteiger partial charge is 0.204 e. The zero-order chi connectivity index (χ0) is 25.7. The Morgan fingerprint density at radius 2 is 1.11 bits per heavy atom. The van der Waals surface area contributed by atoms with Gasteiger partial charge in [0.15, 0.2) is 23.1 Å². The van der Waals surface area contributed by atoms with Gasteiger partial charge in [0.05, 0.1) is 6.61 Å². The van der Waals surface area contributed by atoms with Crippen LogP contribution in [0.3, 0.4) is 0 Å². The van der Waals surface area contributed by atoms with Gasteiger partial charge in [0.25, 0.3) is 0 Å². The lowest BCUT2D eigenvalue weighted by Crippen LogP contribution is -2.02. The van der Waals surface area contributed by atoms with E-state index in [1.165, 1.54) is 18.2 Å². The molecule has 0 aromatic heterocycles. The van der Waals surface area contributed by atoms with Crippen molar-refractivity contribution < 1.29 is 27.0 Å². The topological polar surface area (TPSA) is 18.5 Å². The van der Waals surface area contributed by atoms with Crippen molar-refractivity contribution in [3.63, 3.8) is 0 Å². The van der Waals surface area contributed by atoms with Gasteiger partial charge < -0.3 is 9.47 Å². The molecular formula is C30H24F4O2. The maximum absolute atomic E-state index is 15.0. The van der Waals surface area contributed by atoms with Gasteiger partial charge in [-0.3, -0.25) is 0 Å². The monoisotopic (exact) mass is 492 g/mol. The average molecular weight is 493 g/mol. The Labute approximate surface area is 207 Å². The van der Waals surface area contributed by atoms with Crippen molar-refractivity contribution in [3.8, 4) is 33.8 Å². The third kappa shape index (κ3) is 5.28. The SMILES string of the molecule is CC=Cc1ccc(-c2ccc(-c3ccc(COc4ccc(OCC)c(F)c4F)cc3)c(F)c2F)cc1. The first-order chi connectivity index (χ1) is 17.4. The van der Waals surface area contributed by atoms with E-state index in [1.54, 1.807) is 49.4 Å². The molecule has 0 bridgehead atoms. The minimum absolute atomic E-state index is 0.0381. The molecule has 4 rings (SSSR count). The second kappa shape index (κ2) is 11.1. The van der Waals surface area contributed by atoms with E-state index in [2.05, 4.69) is 0 Å². The summed E-state index contributed by atoms with van der Waals surface area (Å²) in [5, 5.41) is 0. The lowest BCUT2D eigenvalue weighted by atomic mass is 9.97. The molecule has 0 aliphatic heterocycles. The highest BCUT2D eigenvalue weighted by atomic mass is 19.2. The Balaban J connectivity index is 1.49. The Morgan fingerprint density at radius 1 is 0.611 bits per heavy atom. The molecule has 2 nitrogen and oxygen atoms in total. The molecule has 0 amide bonds. The van der Waals surface area contributed by atoms with Crippen molar-refractivity contribution in [3.05, 3.63) is 113 Å². The van der Waals surface area contributed by atoms with Crippen molar-refractivity contribution in [2.45, 2.75) is 20.5 Å². The molecule has 0 fully saturated rings. The number of allylic oxidation sites excluding steroid dienone is 1. The van der Waals surface area contributed by atoms with Gasteiger partial charge in [-0.25, -0.2) is 8.78 Å². The normalized spacial score (nSPS) is 11.2. The first-order valence-corrected chi connectivity index (χ1v) is 11.5. The summed E-state index contributed by atoms with van der Waals surface area (Å²) in [4.78, 5) is 0. The van der Waals surface area contributed by atoms with Crippen LogP contribution in [0.2, 0.25) is 0 Å². The summed E-state index contributed by atoms with van der Waals surface area (Å²) in [5.41, 5.74) is 2.97. The zero-order valence-electron chi connectivity index (χ0n) is 19.8. The van der Waals surface area contributed by atoms with Gasteiger partial charge >= 0.3 is 0 Å². The molecule has 4 aromatic carbocycles. The van der Waals surface area contributed by atoms with Gasteiger partial charge in [-0.2, -0.15) is 8.78 Å². The van der Waals surface area contributed by atoms with Gasteiger partial charge in [-0.15, -0.1) is 0 Å². The molecule has 0 unspecified atom stereocenters. The van der Waals surface area contributed by atoms with E-state index in [4.69, 9.17) is 9.47 Å². The summed E-state index contributed by atoms with van der Waals surface area (Å²) in [5.74, 6) is -4.54. The van der Waals surface area contributed by atoms with Crippen molar-refractivity contribution in [2.24, 2.45) is 0 Å². The average Bonchev–Trinajstić information content (AvgIpc) is 2.89. The van der Waals surface area contributed by atoms with Crippen LogP contribution in [0.1, 0.15) is 25.0 Å². The Morgan fingerprint density at radius 3 is 1.61 bits per heavy atom. The molecule has 0 saturated carbocycles. The summed E-state index contributed by atoms with van der Waals surface area (Å²) in [6.45, 7) is 3.75. The van der Waals surface area contributed by atoms with Crippen LogP contribution in [0.5, 0.6) is 11.5 Å². The predicted octanol–water partition coefficient (Wildman–Crippen LogP) is 8.59. The van der Waals surface area contributed by atoms with Gasteiger partial charge in [-0.05, 0) is 48.2 Å². The molecule has 184 valence electrons. The van der Waals surface area contributed by atoms with Gasteiger partial charge in [0.1, 0.15) is 6.61 Å². The number of ether oxygens (including phenoxy) is 2. The lowest BCUT2D eigenvalue weighted by molar-refractivity contribution is 0.274. The van der Waals surface area contributed by atoms with E-state index in [0.717, 1.165) is 5.56 Å². The van der Waals surface area contributed by atoms with Gasteiger partial charge in [-0.1, -0.05) is 72.8 Å². The van der Waals surface area contributed by atoms with E-state index in [0.29, 0.717) is 16.7 Å². The van der Waals surface area contributed by atoms with Crippen LogP contribution < -0.4 is 9.47 Å². The number of benzene rings is 4. The van der Waals surface area contributed by atoms with Crippen molar-refractivity contribution in [1.29, 1.82) is 0 Å². The number of rotatable bonds is 8. The Kier molecular flexibility index (Phi) is 7.74. The molecule has 0 radical (unpaired) electrons. The predicted molar refractivity (Wildman–Crippen MR) is 134 cm³/mol. The third-order valence-electron chi connectivity index (χ3n) is 5.63. The van der Waals surface area contributed by atoms with E-state index >= 15 is 0 Å². The molecule has 0 N–H and O–H groups in total. The maximum atomic E-state index is 15.0. The highest BCUT2D eigenvalue weighted by molar-refractivity contribution is 5.72. The lowest BCUT2D eigenvalue weighted by Gasteiger charge is -2.12. The zero-order valence-corrected chi connectivity index (χ0v) is 19.8. The van der Waals surface area contributed by atoms with Crippen LogP contribution in [-0.2, 0) is 6.61 Å². The van der Waals surface area contributed by atoms with Crippen molar-refractivity contribution in [2.75, 3.05) is 6.61 Å². The molecule has 36 heavy (non-hydrogen) atoms. The van der Waals surface area contributed by atoms with E-state index in [9.17, 15) is 17.6 Å². The maximum Gasteiger partial charge on any atom is 0.204 e. The quantitative estimate of drug-likeness (QED) is 0.229.